The first kappa shape index (κ1) is 12.8. The number of hydrogen-bond donors (Lipinski definition) is 0. The number of pyridine rings is 1. The zero-order valence-corrected chi connectivity index (χ0v) is 11.3. The van der Waals surface area contributed by atoms with Gasteiger partial charge in [-0.3, -0.25) is 9.78 Å². The van der Waals surface area contributed by atoms with Crippen LogP contribution in [0, 0.1) is 13.8 Å². The average Bonchev–Trinajstić information content (AvgIpc) is 2.34. The fraction of sp³-hybridized carbons (Fsp3) is 0.286. The molecule has 0 spiro atoms. The van der Waals surface area contributed by atoms with Crippen LogP contribution in [0.2, 0.25) is 5.02 Å². The Morgan fingerprint density at radius 1 is 1.39 bits per heavy atom. The minimum atomic E-state index is -0.255. The fourth-order valence-electron chi connectivity index (χ4n) is 1.99. The maximum atomic E-state index is 11.4. The van der Waals surface area contributed by atoms with Crippen LogP contribution in [0.15, 0.2) is 18.2 Å². The Kier molecular flexibility index (Phi) is 3.53. The molecule has 0 aliphatic rings. The lowest BCUT2D eigenvalue weighted by molar-refractivity contribution is -0.139. The summed E-state index contributed by atoms with van der Waals surface area (Å²) in [5, 5.41) is 1.64. The van der Waals surface area contributed by atoms with Crippen LogP contribution in [0.5, 0.6) is 0 Å². The van der Waals surface area contributed by atoms with Gasteiger partial charge in [-0.2, -0.15) is 0 Å². The molecule has 0 aliphatic heterocycles. The summed E-state index contributed by atoms with van der Waals surface area (Å²) in [6, 6.07) is 5.64. The third kappa shape index (κ3) is 2.31. The molecule has 18 heavy (non-hydrogen) atoms. The van der Waals surface area contributed by atoms with E-state index in [1.165, 1.54) is 7.11 Å². The molecule has 0 saturated heterocycles. The van der Waals surface area contributed by atoms with Gasteiger partial charge in [-0.15, -0.1) is 0 Å². The van der Waals surface area contributed by atoms with E-state index in [1.807, 2.05) is 32.0 Å². The number of methoxy groups -OCH3 is 1. The van der Waals surface area contributed by atoms with Crippen molar-refractivity contribution in [1.82, 2.24) is 4.98 Å². The van der Waals surface area contributed by atoms with Crippen LogP contribution in [0.4, 0.5) is 0 Å². The molecule has 0 bridgehead atoms. The molecular weight excluding hydrogens is 250 g/mol. The topological polar surface area (TPSA) is 39.2 Å². The SMILES string of the molecule is COC(=O)Cc1cc(C)nc2c(C)c(Cl)ccc12. The van der Waals surface area contributed by atoms with Crippen molar-refractivity contribution >= 4 is 28.5 Å². The number of nitrogens with zero attached hydrogens (tertiary/aromatic N) is 1. The van der Waals surface area contributed by atoms with E-state index in [0.717, 1.165) is 27.7 Å². The number of halogens is 1. The molecule has 1 aromatic carbocycles. The maximum absolute atomic E-state index is 11.4. The number of hydrogen-bond acceptors (Lipinski definition) is 3. The zero-order valence-electron chi connectivity index (χ0n) is 10.6. The number of aromatic nitrogens is 1. The van der Waals surface area contributed by atoms with Crippen molar-refractivity contribution in [2.75, 3.05) is 7.11 Å². The van der Waals surface area contributed by atoms with E-state index in [9.17, 15) is 4.79 Å². The Labute approximate surface area is 111 Å². The Balaban J connectivity index is 2.66. The van der Waals surface area contributed by atoms with Gasteiger partial charge in [-0.25, -0.2) is 0 Å². The van der Waals surface area contributed by atoms with Crippen molar-refractivity contribution in [2.24, 2.45) is 0 Å². The van der Waals surface area contributed by atoms with Crippen LogP contribution in [0.1, 0.15) is 16.8 Å². The molecule has 1 aromatic heterocycles. The summed E-state index contributed by atoms with van der Waals surface area (Å²) in [5.74, 6) is -0.255. The number of fused-ring (bicyclic) bond motifs is 1. The highest BCUT2D eigenvalue weighted by Gasteiger charge is 2.11. The predicted octanol–water partition coefficient (Wildman–Crippen LogP) is 3.22. The fourth-order valence-corrected chi connectivity index (χ4v) is 2.14. The van der Waals surface area contributed by atoms with Gasteiger partial charge in [0.05, 0.1) is 19.0 Å². The van der Waals surface area contributed by atoms with Crippen LogP contribution in [-0.2, 0) is 16.0 Å². The molecule has 4 heteroatoms. The monoisotopic (exact) mass is 263 g/mol. The van der Waals surface area contributed by atoms with Gasteiger partial charge in [0.15, 0.2) is 0 Å². The molecular formula is C14H14ClNO2. The van der Waals surface area contributed by atoms with Gasteiger partial charge < -0.3 is 4.74 Å². The third-order valence-electron chi connectivity index (χ3n) is 2.94. The highest BCUT2D eigenvalue weighted by Crippen LogP contribution is 2.27. The van der Waals surface area contributed by atoms with Crippen molar-refractivity contribution in [1.29, 1.82) is 0 Å². The second kappa shape index (κ2) is 4.94. The molecule has 0 N–H and O–H groups in total. The Morgan fingerprint density at radius 3 is 2.78 bits per heavy atom. The van der Waals surface area contributed by atoms with E-state index >= 15 is 0 Å². The normalized spacial score (nSPS) is 10.7. The van der Waals surface area contributed by atoms with E-state index in [2.05, 4.69) is 4.98 Å². The van der Waals surface area contributed by atoms with E-state index in [1.54, 1.807) is 0 Å². The van der Waals surface area contributed by atoms with Gasteiger partial charge in [0.2, 0.25) is 0 Å². The lowest BCUT2D eigenvalue weighted by atomic mass is 10.0. The van der Waals surface area contributed by atoms with Crippen LogP contribution >= 0.6 is 11.6 Å². The van der Waals surface area contributed by atoms with E-state index in [4.69, 9.17) is 16.3 Å². The molecule has 2 aromatic rings. The summed E-state index contributed by atoms with van der Waals surface area (Å²) in [7, 11) is 1.39. The molecule has 0 unspecified atom stereocenters. The molecule has 0 fully saturated rings. The zero-order chi connectivity index (χ0) is 13.3. The number of carbonyl (C=O) groups excluding carboxylic acids is 1. The molecule has 0 aliphatic carbocycles. The van der Waals surface area contributed by atoms with Crippen molar-refractivity contribution in [3.8, 4) is 0 Å². The summed E-state index contributed by atoms with van der Waals surface area (Å²) in [6.45, 7) is 3.83. The first-order valence-corrected chi connectivity index (χ1v) is 6.03. The summed E-state index contributed by atoms with van der Waals surface area (Å²) in [5.41, 5.74) is 3.57. The number of benzene rings is 1. The summed E-state index contributed by atoms with van der Waals surface area (Å²) >= 11 is 6.09. The molecule has 0 saturated carbocycles. The van der Waals surface area contributed by atoms with Crippen LogP contribution < -0.4 is 0 Å². The van der Waals surface area contributed by atoms with Gasteiger partial charge in [0.1, 0.15) is 0 Å². The molecule has 3 nitrogen and oxygen atoms in total. The second-order valence-electron chi connectivity index (χ2n) is 4.24. The first-order valence-electron chi connectivity index (χ1n) is 5.65. The highest BCUT2D eigenvalue weighted by atomic mass is 35.5. The van der Waals surface area contributed by atoms with Crippen molar-refractivity contribution in [3.63, 3.8) is 0 Å². The summed E-state index contributed by atoms with van der Waals surface area (Å²) in [6.07, 6.45) is 0.247. The minimum absolute atomic E-state index is 0.247. The smallest absolute Gasteiger partial charge is 0.310 e. The van der Waals surface area contributed by atoms with Gasteiger partial charge >= 0.3 is 5.97 Å². The van der Waals surface area contributed by atoms with Crippen molar-refractivity contribution in [2.45, 2.75) is 20.3 Å². The second-order valence-corrected chi connectivity index (χ2v) is 4.65. The number of ether oxygens (including phenoxy) is 1. The van der Waals surface area contributed by atoms with Gasteiger partial charge in [0, 0.05) is 16.1 Å². The lowest BCUT2D eigenvalue weighted by Crippen LogP contribution is -2.06. The third-order valence-corrected chi connectivity index (χ3v) is 3.35. The van der Waals surface area contributed by atoms with Gasteiger partial charge in [-0.05, 0) is 37.1 Å². The predicted molar refractivity (Wildman–Crippen MR) is 71.9 cm³/mol. The standard InChI is InChI=1S/C14H14ClNO2/c1-8-6-10(7-13(17)18-3)11-4-5-12(15)9(2)14(11)16-8/h4-6H,7H2,1-3H3. The number of rotatable bonds is 2. The van der Waals surface area contributed by atoms with E-state index in [-0.39, 0.29) is 12.4 Å². The Hall–Kier alpha value is -1.61. The maximum Gasteiger partial charge on any atom is 0.310 e. The first-order chi connectivity index (χ1) is 8.52. The molecule has 2 rings (SSSR count). The largest absolute Gasteiger partial charge is 0.469 e. The van der Waals surface area contributed by atoms with Gasteiger partial charge in [-0.1, -0.05) is 17.7 Å². The van der Waals surface area contributed by atoms with Crippen LogP contribution in [0.3, 0.4) is 0 Å². The molecule has 0 amide bonds. The Bertz CT molecular complexity index is 623. The van der Waals surface area contributed by atoms with Gasteiger partial charge in [0.25, 0.3) is 0 Å². The van der Waals surface area contributed by atoms with Crippen LogP contribution in [-0.4, -0.2) is 18.1 Å². The van der Waals surface area contributed by atoms with Crippen LogP contribution in [0.25, 0.3) is 10.9 Å². The number of carbonyl (C=O) groups is 1. The summed E-state index contributed by atoms with van der Waals surface area (Å²) < 4.78 is 4.71. The highest BCUT2D eigenvalue weighted by molar-refractivity contribution is 6.32. The summed E-state index contributed by atoms with van der Waals surface area (Å²) in [4.78, 5) is 15.9. The quantitative estimate of drug-likeness (QED) is 0.781. The molecule has 94 valence electrons. The number of aryl methyl sites for hydroxylation is 2. The lowest BCUT2D eigenvalue weighted by Gasteiger charge is -2.10. The minimum Gasteiger partial charge on any atom is -0.469 e. The molecule has 0 radical (unpaired) electrons. The molecule has 0 atom stereocenters. The number of esters is 1. The van der Waals surface area contributed by atoms with E-state index in [0.29, 0.717) is 5.02 Å². The van der Waals surface area contributed by atoms with E-state index < -0.39 is 0 Å². The molecule has 1 heterocycles. The van der Waals surface area contributed by atoms with Crippen molar-refractivity contribution in [3.05, 3.63) is 40.0 Å². The Morgan fingerprint density at radius 2 is 2.11 bits per heavy atom. The average molecular weight is 264 g/mol. The van der Waals surface area contributed by atoms with Crippen molar-refractivity contribution < 1.29 is 9.53 Å².